The maximum atomic E-state index is 6.20. The molecule has 2 N–H and O–H groups in total. The fraction of sp³-hybridized carbons (Fsp3) is 0.412. The molecule has 0 saturated carbocycles. The SMILES string of the molecule is COc1cccc(N(Cc2cccs2)C(C)C)c1[C@H](C)N. The molecule has 0 aliphatic heterocycles. The van der Waals surface area contributed by atoms with Crippen LogP contribution in [0, 0.1) is 0 Å². The molecule has 4 heteroatoms. The lowest BCUT2D eigenvalue weighted by Crippen LogP contribution is -2.31. The molecule has 0 radical (unpaired) electrons. The van der Waals surface area contributed by atoms with Crippen molar-refractivity contribution in [2.75, 3.05) is 12.0 Å². The number of nitrogens with zero attached hydrogens (tertiary/aromatic N) is 1. The Balaban J connectivity index is 2.44. The van der Waals surface area contributed by atoms with Gasteiger partial charge in [-0.2, -0.15) is 0 Å². The van der Waals surface area contributed by atoms with Gasteiger partial charge >= 0.3 is 0 Å². The van der Waals surface area contributed by atoms with E-state index in [-0.39, 0.29) is 6.04 Å². The number of benzene rings is 1. The van der Waals surface area contributed by atoms with E-state index < -0.39 is 0 Å². The molecule has 0 bridgehead atoms. The minimum atomic E-state index is -0.0688. The highest BCUT2D eigenvalue weighted by Crippen LogP contribution is 2.35. The van der Waals surface area contributed by atoms with E-state index >= 15 is 0 Å². The van der Waals surface area contributed by atoms with Gasteiger partial charge in [-0.05, 0) is 44.4 Å². The predicted molar refractivity (Wildman–Crippen MR) is 91.2 cm³/mol. The highest BCUT2D eigenvalue weighted by molar-refractivity contribution is 7.09. The highest BCUT2D eigenvalue weighted by Gasteiger charge is 2.20. The van der Waals surface area contributed by atoms with Crippen LogP contribution in [0.4, 0.5) is 5.69 Å². The third-order valence-electron chi connectivity index (χ3n) is 3.56. The number of methoxy groups -OCH3 is 1. The van der Waals surface area contributed by atoms with Crippen LogP contribution in [0.15, 0.2) is 35.7 Å². The lowest BCUT2D eigenvalue weighted by Gasteiger charge is -2.32. The summed E-state index contributed by atoms with van der Waals surface area (Å²) >= 11 is 1.78. The molecule has 0 unspecified atom stereocenters. The first-order chi connectivity index (χ1) is 10.0. The largest absolute Gasteiger partial charge is 0.496 e. The topological polar surface area (TPSA) is 38.5 Å². The summed E-state index contributed by atoms with van der Waals surface area (Å²) in [5.74, 6) is 0.860. The van der Waals surface area contributed by atoms with Crippen molar-refractivity contribution >= 4 is 17.0 Å². The third-order valence-corrected chi connectivity index (χ3v) is 4.42. The van der Waals surface area contributed by atoms with E-state index in [4.69, 9.17) is 10.5 Å². The average Bonchev–Trinajstić information content (AvgIpc) is 2.96. The van der Waals surface area contributed by atoms with Gasteiger partial charge in [0.25, 0.3) is 0 Å². The zero-order valence-corrected chi connectivity index (χ0v) is 14.0. The number of anilines is 1. The van der Waals surface area contributed by atoms with Crippen LogP contribution in [0.3, 0.4) is 0 Å². The van der Waals surface area contributed by atoms with Crippen molar-refractivity contribution in [3.63, 3.8) is 0 Å². The van der Waals surface area contributed by atoms with Crippen LogP contribution < -0.4 is 15.4 Å². The van der Waals surface area contributed by atoms with E-state index in [9.17, 15) is 0 Å². The molecular formula is C17H24N2OS. The van der Waals surface area contributed by atoms with Crippen molar-refractivity contribution in [2.24, 2.45) is 5.73 Å². The molecule has 0 saturated heterocycles. The van der Waals surface area contributed by atoms with E-state index in [1.54, 1.807) is 18.4 Å². The Morgan fingerprint density at radius 2 is 1.95 bits per heavy atom. The van der Waals surface area contributed by atoms with E-state index in [1.165, 1.54) is 4.88 Å². The summed E-state index contributed by atoms with van der Waals surface area (Å²) < 4.78 is 5.51. The Morgan fingerprint density at radius 1 is 1.19 bits per heavy atom. The zero-order chi connectivity index (χ0) is 15.4. The van der Waals surface area contributed by atoms with Crippen molar-refractivity contribution < 1.29 is 4.74 Å². The molecule has 114 valence electrons. The van der Waals surface area contributed by atoms with E-state index in [0.717, 1.165) is 23.5 Å². The van der Waals surface area contributed by atoms with E-state index in [2.05, 4.69) is 42.3 Å². The van der Waals surface area contributed by atoms with Gasteiger partial charge in [0, 0.05) is 28.2 Å². The molecule has 2 rings (SSSR count). The van der Waals surface area contributed by atoms with Gasteiger partial charge in [0.05, 0.1) is 13.7 Å². The highest BCUT2D eigenvalue weighted by atomic mass is 32.1. The van der Waals surface area contributed by atoms with E-state index in [0.29, 0.717) is 6.04 Å². The van der Waals surface area contributed by atoms with Crippen LogP contribution in [-0.2, 0) is 6.54 Å². The van der Waals surface area contributed by atoms with Crippen LogP contribution in [0.5, 0.6) is 5.75 Å². The fourth-order valence-corrected chi connectivity index (χ4v) is 3.24. The molecule has 0 amide bonds. The molecular weight excluding hydrogens is 280 g/mol. The summed E-state index contributed by atoms with van der Waals surface area (Å²) in [6.45, 7) is 7.31. The normalized spacial score (nSPS) is 12.5. The average molecular weight is 304 g/mol. The number of hydrogen-bond donors (Lipinski definition) is 1. The Morgan fingerprint density at radius 3 is 2.48 bits per heavy atom. The van der Waals surface area contributed by atoms with Gasteiger partial charge in [-0.3, -0.25) is 0 Å². The second-order valence-corrected chi connectivity index (χ2v) is 6.52. The molecule has 1 heterocycles. The minimum absolute atomic E-state index is 0.0688. The van der Waals surface area contributed by atoms with Crippen LogP contribution in [0.1, 0.15) is 37.3 Å². The van der Waals surface area contributed by atoms with Gasteiger partial charge in [-0.25, -0.2) is 0 Å². The van der Waals surface area contributed by atoms with Crippen molar-refractivity contribution in [2.45, 2.75) is 39.4 Å². The Hall–Kier alpha value is -1.52. The number of thiophene rings is 1. The summed E-state index contributed by atoms with van der Waals surface area (Å²) in [6.07, 6.45) is 0. The van der Waals surface area contributed by atoms with Crippen LogP contribution in [-0.4, -0.2) is 13.2 Å². The fourth-order valence-electron chi connectivity index (χ4n) is 2.53. The Bertz CT molecular complexity index is 564. The number of ether oxygens (including phenoxy) is 1. The van der Waals surface area contributed by atoms with Crippen molar-refractivity contribution in [3.05, 3.63) is 46.2 Å². The van der Waals surface area contributed by atoms with Crippen LogP contribution in [0.25, 0.3) is 0 Å². The van der Waals surface area contributed by atoms with Gasteiger partial charge in [0.1, 0.15) is 5.75 Å². The van der Waals surface area contributed by atoms with Crippen molar-refractivity contribution in [1.29, 1.82) is 0 Å². The lowest BCUT2D eigenvalue weighted by molar-refractivity contribution is 0.406. The second kappa shape index (κ2) is 6.96. The molecule has 1 aromatic heterocycles. The monoisotopic (exact) mass is 304 g/mol. The maximum absolute atomic E-state index is 6.20. The molecule has 0 fully saturated rings. The molecule has 1 aromatic carbocycles. The van der Waals surface area contributed by atoms with Gasteiger partial charge < -0.3 is 15.4 Å². The zero-order valence-electron chi connectivity index (χ0n) is 13.2. The molecule has 0 aliphatic rings. The first kappa shape index (κ1) is 15.9. The summed E-state index contributed by atoms with van der Waals surface area (Å²) in [5, 5.41) is 2.12. The molecule has 3 nitrogen and oxygen atoms in total. The minimum Gasteiger partial charge on any atom is -0.496 e. The number of rotatable bonds is 6. The number of hydrogen-bond acceptors (Lipinski definition) is 4. The molecule has 0 spiro atoms. The summed E-state index contributed by atoms with van der Waals surface area (Å²) in [6, 6.07) is 10.7. The summed E-state index contributed by atoms with van der Waals surface area (Å²) in [7, 11) is 1.70. The molecule has 21 heavy (non-hydrogen) atoms. The van der Waals surface area contributed by atoms with Crippen LogP contribution >= 0.6 is 11.3 Å². The van der Waals surface area contributed by atoms with Crippen molar-refractivity contribution in [1.82, 2.24) is 0 Å². The van der Waals surface area contributed by atoms with Gasteiger partial charge in [0.2, 0.25) is 0 Å². The number of nitrogens with two attached hydrogens (primary N) is 1. The molecule has 1 atom stereocenters. The first-order valence-corrected chi connectivity index (χ1v) is 8.14. The van der Waals surface area contributed by atoms with Crippen molar-refractivity contribution in [3.8, 4) is 5.75 Å². The summed E-state index contributed by atoms with van der Waals surface area (Å²) in [5.41, 5.74) is 8.43. The predicted octanol–water partition coefficient (Wildman–Crippen LogP) is 4.19. The van der Waals surface area contributed by atoms with Gasteiger partial charge in [0.15, 0.2) is 0 Å². The molecule has 0 aliphatic carbocycles. The third kappa shape index (κ3) is 3.57. The van der Waals surface area contributed by atoms with E-state index in [1.807, 2.05) is 19.1 Å². The molecule has 2 aromatic rings. The second-order valence-electron chi connectivity index (χ2n) is 5.48. The Kier molecular flexibility index (Phi) is 5.26. The van der Waals surface area contributed by atoms with Gasteiger partial charge in [-0.1, -0.05) is 12.1 Å². The summed E-state index contributed by atoms with van der Waals surface area (Å²) in [4.78, 5) is 3.73. The maximum Gasteiger partial charge on any atom is 0.125 e. The smallest absolute Gasteiger partial charge is 0.125 e. The standard InChI is InChI=1S/C17H24N2OS/c1-12(2)19(11-14-7-6-10-21-14)15-8-5-9-16(20-4)17(15)13(3)18/h5-10,12-13H,11,18H2,1-4H3/t13-/m0/s1. The first-order valence-electron chi connectivity index (χ1n) is 7.26. The van der Waals surface area contributed by atoms with Gasteiger partial charge in [-0.15, -0.1) is 11.3 Å². The Labute approximate surface area is 131 Å². The van der Waals surface area contributed by atoms with Crippen LogP contribution in [0.2, 0.25) is 0 Å². The lowest BCUT2D eigenvalue weighted by atomic mass is 10.0. The quantitative estimate of drug-likeness (QED) is 0.869.